The van der Waals surface area contributed by atoms with Crippen molar-refractivity contribution < 1.29 is 10.2 Å². The molecule has 0 bridgehead atoms. The second-order valence-electron chi connectivity index (χ2n) is 4.52. The monoisotopic (exact) mass is 278 g/mol. The van der Waals surface area contributed by atoms with Crippen molar-refractivity contribution in [2.75, 3.05) is 23.7 Å². The first kappa shape index (κ1) is 12.3. The van der Waals surface area contributed by atoms with Crippen LogP contribution in [0.2, 0.25) is 0 Å². The zero-order chi connectivity index (χ0) is 13.4. The molecule has 2 unspecified atom stereocenters. The van der Waals surface area contributed by atoms with Gasteiger partial charge >= 0.3 is 0 Å². The predicted molar refractivity (Wildman–Crippen MR) is 74.0 cm³/mol. The maximum absolute atomic E-state index is 9.65. The van der Waals surface area contributed by atoms with Crippen LogP contribution in [0.5, 0.6) is 0 Å². The molecule has 0 saturated carbocycles. The highest BCUT2D eigenvalue weighted by Crippen LogP contribution is 2.40. The number of aliphatic hydroxyl groups excluding tert-OH is 2. The Bertz CT molecular complexity index is 564. The zero-order valence-electron chi connectivity index (χ0n) is 10.1. The fourth-order valence-corrected chi connectivity index (χ4v) is 3.09. The lowest BCUT2D eigenvalue weighted by atomic mass is 10.1. The Hall–Kier alpha value is -1.70. The quantitative estimate of drug-likeness (QED) is 0.732. The van der Waals surface area contributed by atoms with Crippen LogP contribution < -0.4 is 10.6 Å². The molecule has 100 valence electrons. The number of aliphatic hydroxyl groups is 2. The average molecular weight is 278 g/mol. The molecule has 3 rings (SSSR count). The van der Waals surface area contributed by atoms with Gasteiger partial charge in [0.05, 0.1) is 17.8 Å². The Morgan fingerprint density at radius 2 is 1.84 bits per heavy atom. The fourth-order valence-electron chi connectivity index (χ4n) is 2.23. The van der Waals surface area contributed by atoms with Crippen molar-refractivity contribution in [3.63, 3.8) is 0 Å². The number of aromatic nitrogens is 2. The molecule has 1 fully saturated rings. The smallest absolute Gasteiger partial charge is 0.147 e. The van der Waals surface area contributed by atoms with Gasteiger partial charge in [-0.3, -0.25) is 4.98 Å². The molecule has 0 radical (unpaired) electrons. The molecular formula is C12H14N4O2S. The van der Waals surface area contributed by atoms with Gasteiger partial charge in [-0.15, -0.1) is 0 Å². The molecule has 0 amide bonds. The summed E-state index contributed by atoms with van der Waals surface area (Å²) in [4.78, 5) is 5.90. The summed E-state index contributed by atoms with van der Waals surface area (Å²) in [6, 6.07) is 3.74. The van der Waals surface area contributed by atoms with Crippen molar-refractivity contribution in [2.45, 2.75) is 12.2 Å². The van der Waals surface area contributed by atoms with Crippen LogP contribution in [0.25, 0.3) is 11.1 Å². The van der Waals surface area contributed by atoms with E-state index >= 15 is 0 Å². The summed E-state index contributed by atoms with van der Waals surface area (Å²) in [5, 5.41) is 20.2. The summed E-state index contributed by atoms with van der Waals surface area (Å²) < 4.78 is 4.18. The van der Waals surface area contributed by atoms with Crippen LogP contribution in [0, 0.1) is 0 Å². The summed E-state index contributed by atoms with van der Waals surface area (Å²) in [5.41, 5.74) is 7.72. The number of nitrogens with two attached hydrogens (primary N) is 1. The normalized spacial score (nSPS) is 22.9. The van der Waals surface area contributed by atoms with E-state index in [1.54, 1.807) is 12.4 Å². The van der Waals surface area contributed by atoms with E-state index in [-0.39, 0.29) is 0 Å². The summed E-state index contributed by atoms with van der Waals surface area (Å²) in [7, 11) is 0. The molecule has 0 aliphatic carbocycles. The topological polar surface area (TPSA) is 95.5 Å². The molecule has 6 nitrogen and oxygen atoms in total. The molecule has 1 saturated heterocycles. The third kappa shape index (κ3) is 2.16. The van der Waals surface area contributed by atoms with Gasteiger partial charge in [0, 0.05) is 25.5 Å². The second kappa shape index (κ2) is 4.76. The third-order valence-corrected chi connectivity index (χ3v) is 4.14. The van der Waals surface area contributed by atoms with Gasteiger partial charge in [0.1, 0.15) is 10.8 Å². The average Bonchev–Trinajstić information content (AvgIpc) is 2.95. The molecule has 19 heavy (non-hydrogen) atoms. The Balaban J connectivity index is 2.00. The summed E-state index contributed by atoms with van der Waals surface area (Å²) in [5.74, 6) is 0.460. The first-order chi connectivity index (χ1) is 9.16. The van der Waals surface area contributed by atoms with Gasteiger partial charge < -0.3 is 20.8 Å². The number of hydrogen-bond donors (Lipinski definition) is 3. The standard InChI is InChI=1S/C12H14N4O2S/c13-11-10(7-1-3-14-4-2-7)12(19-15-11)16-5-8(17)9(18)6-16/h1-4,8-9,17-18H,5-6H2,(H2,13,15). The zero-order valence-corrected chi connectivity index (χ0v) is 10.9. The lowest BCUT2D eigenvalue weighted by molar-refractivity contribution is 0.0572. The fraction of sp³-hybridized carbons (Fsp3) is 0.333. The summed E-state index contributed by atoms with van der Waals surface area (Å²) >= 11 is 1.28. The van der Waals surface area contributed by atoms with Crippen molar-refractivity contribution in [3.8, 4) is 11.1 Å². The van der Waals surface area contributed by atoms with E-state index < -0.39 is 12.2 Å². The SMILES string of the molecule is Nc1nsc(N2CC(O)C(O)C2)c1-c1ccncc1. The van der Waals surface area contributed by atoms with Crippen molar-refractivity contribution in [1.82, 2.24) is 9.36 Å². The number of pyridine rings is 1. The van der Waals surface area contributed by atoms with Gasteiger partial charge in [-0.25, -0.2) is 0 Å². The number of nitrogens with zero attached hydrogens (tertiary/aromatic N) is 3. The molecule has 1 aliphatic rings. The van der Waals surface area contributed by atoms with Gasteiger partial charge in [0.15, 0.2) is 0 Å². The summed E-state index contributed by atoms with van der Waals surface area (Å²) in [6.45, 7) is 0.780. The molecule has 0 spiro atoms. The highest BCUT2D eigenvalue weighted by atomic mass is 32.1. The second-order valence-corrected chi connectivity index (χ2v) is 5.28. The van der Waals surface area contributed by atoms with E-state index in [0.717, 1.165) is 16.1 Å². The highest BCUT2D eigenvalue weighted by molar-refractivity contribution is 7.11. The molecule has 7 heteroatoms. The minimum atomic E-state index is -0.728. The predicted octanol–water partition coefficient (Wildman–Crippen LogP) is 0.329. The van der Waals surface area contributed by atoms with Crippen molar-refractivity contribution in [1.29, 1.82) is 0 Å². The maximum atomic E-state index is 9.65. The number of nitrogen functional groups attached to an aromatic ring is 1. The summed E-state index contributed by atoms with van der Waals surface area (Å²) in [6.07, 6.45) is 1.94. The van der Waals surface area contributed by atoms with Crippen LogP contribution in [0.1, 0.15) is 0 Å². The van der Waals surface area contributed by atoms with Crippen LogP contribution in [0.4, 0.5) is 10.8 Å². The van der Waals surface area contributed by atoms with E-state index in [1.165, 1.54) is 11.5 Å². The molecule has 0 aromatic carbocycles. The van der Waals surface area contributed by atoms with Gasteiger partial charge in [0.25, 0.3) is 0 Å². The van der Waals surface area contributed by atoms with Gasteiger partial charge in [-0.2, -0.15) is 4.37 Å². The van der Waals surface area contributed by atoms with Crippen LogP contribution in [-0.4, -0.2) is 44.9 Å². The first-order valence-corrected chi connectivity index (χ1v) is 6.71. The van der Waals surface area contributed by atoms with E-state index in [0.29, 0.717) is 18.9 Å². The van der Waals surface area contributed by atoms with Crippen LogP contribution in [0.15, 0.2) is 24.5 Å². The molecule has 2 aromatic rings. The largest absolute Gasteiger partial charge is 0.389 e. The molecule has 1 aliphatic heterocycles. The molecule has 2 aromatic heterocycles. The molecule has 2 atom stereocenters. The number of β-amino-alcohol motifs (C(OH)–C–C–N with tert-alkyl or cyclic N) is 2. The molecule has 3 heterocycles. The Morgan fingerprint density at radius 3 is 2.47 bits per heavy atom. The third-order valence-electron chi connectivity index (χ3n) is 3.22. The van der Waals surface area contributed by atoms with Crippen LogP contribution in [0.3, 0.4) is 0 Å². The van der Waals surface area contributed by atoms with Gasteiger partial charge in [-0.05, 0) is 29.2 Å². The van der Waals surface area contributed by atoms with Crippen molar-refractivity contribution >= 4 is 22.4 Å². The minimum Gasteiger partial charge on any atom is -0.389 e. The van der Waals surface area contributed by atoms with Gasteiger partial charge in [0.2, 0.25) is 0 Å². The van der Waals surface area contributed by atoms with E-state index in [4.69, 9.17) is 5.73 Å². The lowest BCUT2D eigenvalue weighted by Gasteiger charge is -2.17. The minimum absolute atomic E-state index is 0.390. The highest BCUT2D eigenvalue weighted by Gasteiger charge is 2.32. The first-order valence-electron chi connectivity index (χ1n) is 5.93. The lowest BCUT2D eigenvalue weighted by Crippen LogP contribution is -2.22. The van der Waals surface area contributed by atoms with Crippen LogP contribution in [-0.2, 0) is 0 Å². The van der Waals surface area contributed by atoms with Crippen molar-refractivity contribution in [3.05, 3.63) is 24.5 Å². The maximum Gasteiger partial charge on any atom is 0.147 e. The Kier molecular flexibility index (Phi) is 3.09. The van der Waals surface area contributed by atoms with Gasteiger partial charge in [-0.1, -0.05) is 0 Å². The molecule has 4 N–H and O–H groups in total. The van der Waals surface area contributed by atoms with E-state index in [1.807, 2.05) is 17.0 Å². The van der Waals surface area contributed by atoms with Crippen LogP contribution >= 0.6 is 11.5 Å². The van der Waals surface area contributed by atoms with Crippen molar-refractivity contribution in [2.24, 2.45) is 0 Å². The number of hydrogen-bond acceptors (Lipinski definition) is 7. The Labute approximate surface area is 114 Å². The van der Waals surface area contributed by atoms with E-state index in [2.05, 4.69) is 9.36 Å². The number of rotatable bonds is 2. The number of anilines is 2. The van der Waals surface area contributed by atoms with E-state index in [9.17, 15) is 10.2 Å². The molecular weight excluding hydrogens is 264 g/mol. The Morgan fingerprint density at radius 1 is 1.21 bits per heavy atom.